The first kappa shape index (κ1) is 14.9. The molecule has 0 spiro atoms. The maximum atomic E-state index is 5.59. The molecule has 1 aromatic rings. The number of nitrogens with zero attached hydrogens (tertiary/aromatic N) is 1. The number of hydrogen-bond donors (Lipinski definition) is 1. The minimum atomic E-state index is 0.262. The van der Waals surface area contributed by atoms with E-state index in [1.807, 2.05) is 32.0 Å². The smallest absolute Gasteiger partial charge is 0.0745 e. The summed E-state index contributed by atoms with van der Waals surface area (Å²) < 4.78 is 5.59. The fourth-order valence-corrected chi connectivity index (χ4v) is 1.74. The van der Waals surface area contributed by atoms with Crippen molar-refractivity contribution in [1.29, 1.82) is 0 Å². The van der Waals surface area contributed by atoms with Crippen LogP contribution in [0.4, 0.5) is 5.69 Å². The Morgan fingerprint density at radius 2 is 1.94 bits per heavy atom. The van der Waals surface area contributed by atoms with Gasteiger partial charge < -0.3 is 15.4 Å². The summed E-state index contributed by atoms with van der Waals surface area (Å²) in [6.45, 7) is 6.49. The summed E-state index contributed by atoms with van der Waals surface area (Å²) in [5, 5.41) is 0. The molecule has 1 rings (SSSR count). The number of ether oxygens (including phenoxy) is 1. The van der Waals surface area contributed by atoms with Crippen LogP contribution in [0.25, 0.3) is 0 Å². The van der Waals surface area contributed by atoms with Crippen molar-refractivity contribution in [3.8, 4) is 0 Å². The van der Waals surface area contributed by atoms with Gasteiger partial charge in [0.05, 0.1) is 17.7 Å². The molecule has 4 heteroatoms. The molecule has 0 bridgehead atoms. The van der Waals surface area contributed by atoms with Gasteiger partial charge >= 0.3 is 0 Å². The Labute approximate surface area is 115 Å². The van der Waals surface area contributed by atoms with E-state index in [-0.39, 0.29) is 6.10 Å². The SMILES string of the molecule is CC(C)OCCN(CCC(N)=S)c1ccccc1. The summed E-state index contributed by atoms with van der Waals surface area (Å²) >= 11 is 4.94. The number of rotatable bonds is 8. The van der Waals surface area contributed by atoms with Gasteiger partial charge in [0.25, 0.3) is 0 Å². The second-order valence-electron chi connectivity index (χ2n) is 4.46. The molecule has 0 saturated carbocycles. The van der Waals surface area contributed by atoms with Gasteiger partial charge in [-0.05, 0) is 26.0 Å². The quantitative estimate of drug-likeness (QED) is 0.734. The van der Waals surface area contributed by atoms with Gasteiger partial charge in [-0.3, -0.25) is 0 Å². The van der Waals surface area contributed by atoms with Gasteiger partial charge in [0, 0.05) is 25.2 Å². The number of hydrogen-bond acceptors (Lipinski definition) is 3. The number of nitrogens with two attached hydrogens (primary N) is 1. The van der Waals surface area contributed by atoms with Crippen LogP contribution in [0.15, 0.2) is 30.3 Å². The summed E-state index contributed by atoms with van der Waals surface area (Å²) in [5.41, 5.74) is 6.75. The molecule has 0 amide bonds. The van der Waals surface area contributed by atoms with Crippen molar-refractivity contribution in [3.05, 3.63) is 30.3 Å². The van der Waals surface area contributed by atoms with Crippen molar-refractivity contribution in [3.63, 3.8) is 0 Å². The van der Waals surface area contributed by atoms with Crippen LogP contribution in [-0.2, 0) is 4.74 Å². The highest BCUT2D eigenvalue weighted by molar-refractivity contribution is 7.80. The molecule has 0 aromatic heterocycles. The minimum Gasteiger partial charge on any atom is -0.393 e. The first-order valence-corrected chi connectivity index (χ1v) is 6.70. The first-order valence-electron chi connectivity index (χ1n) is 6.29. The molecule has 0 saturated heterocycles. The second-order valence-corrected chi connectivity index (χ2v) is 4.98. The van der Waals surface area contributed by atoms with Crippen LogP contribution in [0.5, 0.6) is 0 Å². The molecule has 3 nitrogen and oxygen atoms in total. The van der Waals surface area contributed by atoms with Crippen molar-refractivity contribution in [2.45, 2.75) is 26.4 Å². The van der Waals surface area contributed by atoms with Crippen LogP contribution in [0.2, 0.25) is 0 Å². The standard InChI is InChI=1S/C14H22N2OS/c1-12(2)17-11-10-16(9-8-14(15)18)13-6-4-3-5-7-13/h3-7,12H,8-11H2,1-2H3,(H2,15,18). The van der Waals surface area contributed by atoms with E-state index >= 15 is 0 Å². The van der Waals surface area contributed by atoms with Gasteiger partial charge in [-0.2, -0.15) is 0 Å². The van der Waals surface area contributed by atoms with E-state index in [4.69, 9.17) is 22.7 Å². The third-order valence-electron chi connectivity index (χ3n) is 2.56. The lowest BCUT2D eigenvalue weighted by molar-refractivity contribution is 0.0841. The van der Waals surface area contributed by atoms with Crippen molar-refractivity contribution in [2.24, 2.45) is 5.73 Å². The van der Waals surface area contributed by atoms with Crippen molar-refractivity contribution >= 4 is 22.9 Å². The Morgan fingerprint density at radius 1 is 1.28 bits per heavy atom. The molecular formula is C14H22N2OS. The lowest BCUT2D eigenvalue weighted by Crippen LogP contribution is -2.31. The fraction of sp³-hybridized carbons (Fsp3) is 0.500. The average molecular weight is 266 g/mol. The molecule has 0 heterocycles. The third-order valence-corrected chi connectivity index (χ3v) is 2.77. The maximum Gasteiger partial charge on any atom is 0.0745 e. The number of anilines is 1. The highest BCUT2D eigenvalue weighted by atomic mass is 32.1. The molecule has 18 heavy (non-hydrogen) atoms. The van der Waals surface area contributed by atoms with Crippen molar-refractivity contribution in [1.82, 2.24) is 0 Å². The summed E-state index contributed by atoms with van der Waals surface area (Å²) in [4.78, 5) is 2.81. The fourth-order valence-electron chi connectivity index (χ4n) is 1.65. The predicted molar refractivity (Wildman–Crippen MR) is 81.1 cm³/mol. The number of benzene rings is 1. The van der Waals surface area contributed by atoms with Gasteiger partial charge in [0.2, 0.25) is 0 Å². The molecule has 100 valence electrons. The molecule has 0 atom stereocenters. The summed E-state index contributed by atoms with van der Waals surface area (Å²) in [7, 11) is 0. The van der Waals surface area contributed by atoms with Gasteiger partial charge in [-0.15, -0.1) is 0 Å². The molecule has 1 aromatic carbocycles. The zero-order valence-corrected chi connectivity index (χ0v) is 12.0. The molecule has 0 unspecified atom stereocenters. The molecule has 2 N–H and O–H groups in total. The van der Waals surface area contributed by atoms with E-state index in [9.17, 15) is 0 Å². The van der Waals surface area contributed by atoms with E-state index in [2.05, 4.69) is 17.0 Å². The molecule has 0 aliphatic carbocycles. The average Bonchev–Trinajstić information content (AvgIpc) is 2.34. The van der Waals surface area contributed by atoms with Gasteiger partial charge in [-0.25, -0.2) is 0 Å². The highest BCUT2D eigenvalue weighted by Gasteiger charge is 2.07. The Kier molecular flexibility index (Phi) is 6.68. The lowest BCUT2D eigenvalue weighted by atomic mass is 10.2. The molecule has 0 aliphatic rings. The van der Waals surface area contributed by atoms with Crippen LogP contribution in [0.3, 0.4) is 0 Å². The topological polar surface area (TPSA) is 38.5 Å². The number of thiocarbonyl (C=S) groups is 1. The lowest BCUT2D eigenvalue weighted by Gasteiger charge is -2.25. The monoisotopic (exact) mass is 266 g/mol. The Bertz CT molecular complexity index is 354. The van der Waals surface area contributed by atoms with Crippen LogP contribution < -0.4 is 10.6 Å². The van der Waals surface area contributed by atoms with E-state index < -0.39 is 0 Å². The van der Waals surface area contributed by atoms with E-state index in [0.717, 1.165) is 19.5 Å². The van der Waals surface area contributed by atoms with Crippen molar-refractivity contribution in [2.75, 3.05) is 24.6 Å². The third kappa shape index (κ3) is 5.98. The van der Waals surface area contributed by atoms with Gasteiger partial charge in [0.15, 0.2) is 0 Å². The van der Waals surface area contributed by atoms with Crippen LogP contribution >= 0.6 is 12.2 Å². The van der Waals surface area contributed by atoms with Crippen molar-refractivity contribution < 1.29 is 4.74 Å². The molecular weight excluding hydrogens is 244 g/mol. The zero-order chi connectivity index (χ0) is 13.4. The van der Waals surface area contributed by atoms with Gasteiger partial charge in [0.1, 0.15) is 0 Å². The Balaban J connectivity index is 2.55. The second kappa shape index (κ2) is 8.06. The van der Waals surface area contributed by atoms with Gasteiger partial charge in [-0.1, -0.05) is 30.4 Å². The molecule has 0 aliphatic heterocycles. The van der Waals surface area contributed by atoms with Crippen LogP contribution in [0, 0.1) is 0 Å². The minimum absolute atomic E-state index is 0.262. The van der Waals surface area contributed by atoms with Crippen LogP contribution in [0.1, 0.15) is 20.3 Å². The molecule has 0 fully saturated rings. The Hall–Kier alpha value is -1.13. The maximum absolute atomic E-state index is 5.59. The van der Waals surface area contributed by atoms with E-state index in [1.165, 1.54) is 5.69 Å². The zero-order valence-electron chi connectivity index (χ0n) is 11.1. The largest absolute Gasteiger partial charge is 0.393 e. The van der Waals surface area contributed by atoms with E-state index in [1.54, 1.807) is 0 Å². The normalized spacial score (nSPS) is 10.6. The predicted octanol–water partition coefficient (Wildman–Crippen LogP) is 2.59. The molecule has 0 radical (unpaired) electrons. The summed E-state index contributed by atoms with van der Waals surface area (Å²) in [6, 6.07) is 10.3. The first-order chi connectivity index (χ1) is 8.59. The highest BCUT2D eigenvalue weighted by Crippen LogP contribution is 2.13. The van der Waals surface area contributed by atoms with Crippen LogP contribution in [-0.4, -0.2) is 30.8 Å². The summed E-state index contributed by atoms with van der Waals surface area (Å²) in [6.07, 6.45) is 0.990. The number of para-hydroxylation sites is 1. The Morgan fingerprint density at radius 3 is 2.50 bits per heavy atom. The summed E-state index contributed by atoms with van der Waals surface area (Å²) in [5.74, 6) is 0. The van der Waals surface area contributed by atoms with E-state index in [0.29, 0.717) is 11.6 Å².